The lowest BCUT2D eigenvalue weighted by Gasteiger charge is -2.22. The van der Waals surface area contributed by atoms with E-state index in [-0.39, 0.29) is 22.9 Å². The molecule has 230 valence electrons. The summed E-state index contributed by atoms with van der Waals surface area (Å²) in [4.78, 5) is 18.6. The van der Waals surface area contributed by atoms with Crippen molar-refractivity contribution in [1.29, 1.82) is 0 Å². The molecule has 1 aromatic heterocycles. The minimum atomic E-state index is 0. The molecule has 0 saturated heterocycles. The van der Waals surface area contributed by atoms with Crippen LogP contribution in [0.15, 0.2) is 73.1 Å². The Morgan fingerprint density at radius 1 is 0.714 bits per heavy atom. The molecule has 3 aromatic rings. The first kappa shape index (κ1) is 35.5. The molecule has 0 atom stereocenters. The lowest BCUT2D eigenvalue weighted by atomic mass is 10.0. The number of anilines is 1. The van der Waals surface area contributed by atoms with E-state index in [4.69, 9.17) is 4.74 Å². The van der Waals surface area contributed by atoms with Gasteiger partial charge in [0.1, 0.15) is 5.75 Å². The summed E-state index contributed by atoms with van der Waals surface area (Å²) in [6.45, 7) is 5.21. The van der Waals surface area contributed by atoms with Crippen LogP contribution in [0.1, 0.15) is 120 Å². The second-order valence-electron chi connectivity index (χ2n) is 11.4. The molecule has 2 aromatic carbocycles. The molecule has 0 bridgehead atoms. The Bertz CT molecular complexity index is 1100. The van der Waals surface area contributed by atoms with Gasteiger partial charge in [-0.25, -0.2) is 0 Å². The number of benzene rings is 2. The number of aromatic nitrogens is 1. The molecule has 0 aliphatic heterocycles. The number of rotatable bonds is 21. The Hall–Kier alpha value is -2.66. The van der Waals surface area contributed by atoms with Gasteiger partial charge in [-0.3, -0.25) is 9.78 Å². The van der Waals surface area contributed by atoms with Crippen molar-refractivity contribution in [1.82, 2.24) is 4.98 Å². The fraction of sp³-hybridized carbons (Fsp3) is 0.514. The van der Waals surface area contributed by atoms with Crippen LogP contribution >= 0.6 is 17.0 Å². The van der Waals surface area contributed by atoms with Crippen molar-refractivity contribution < 1.29 is 9.53 Å². The summed E-state index contributed by atoms with van der Waals surface area (Å²) in [5.74, 6) is 0.929. The van der Waals surface area contributed by atoms with Gasteiger partial charge in [-0.05, 0) is 59.9 Å². The molecule has 0 radical (unpaired) electrons. The Balaban J connectivity index is 0.00000616. The van der Waals surface area contributed by atoms with Crippen molar-refractivity contribution >= 4 is 28.6 Å². The number of ether oxygens (including phenoxy) is 1. The van der Waals surface area contributed by atoms with E-state index < -0.39 is 0 Å². The largest absolute Gasteiger partial charge is 0.494 e. The van der Waals surface area contributed by atoms with Crippen LogP contribution in [0.5, 0.6) is 5.75 Å². The lowest BCUT2D eigenvalue weighted by molar-refractivity contribution is -0.116. The number of amides is 1. The van der Waals surface area contributed by atoms with E-state index in [0.717, 1.165) is 47.6 Å². The van der Waals surface area contributed by atoms with Gasteiger partial charge in [0, 0.05) is 25.0 Å². The maximum Gasteiger partial charge on any atom is 0.224 e. The maximum atomic E-state index is 12.5. The van der Waals surface area contributed by atoms with Gasteiger partial charge < -0.3 is 9.64 Å². The first-order chi connectivity index (χ1) is 20.2. The average Bonchev–Trinajstić information content (AvgIpc) is 2.99. The Morgan fingerprint density at radius 3 is 1.88 bits per heavy atom. The summed E-state index contributed by atoms with van der Waals surface area (Å²) in [5.41, 5.74) is 4.32. The smallest absolute Gasteiger partial charge is 0.224 e. The van der Waals surface area contributed by atoms with E-state index >= 15 is 0 Å². The van der Waals surface area contributed by atoms with Gasteiger partial charge in [0.25, 0.3) is 0 Å². The summed E-state index contributed by atoms with van der Waals surface area (Å²) in [6, 6.07) is 20.4. The molecule has 4 nitrogen and oxygen atoms in total. The highest BCUT2D eigenvalue weighted by Gasteiger charge is 2.13. The van der Waals surface area contributed by atoms with E-state index in [1.54, 1.807) is 13.1 Å². The molecular formula is C37H53BrN2O2. The minimum absolute atomic E-state index is 0. The highest BCUT2D eigenvalue weighted by molar-refractivity contribution is 8.93. The SMILES string of the molecule is Br.CCCCCCCCCCCCCCCCOc1ccc(CN(C(C)=O)c2cccc(Cc3cccnc3)c2)cc1. The monoisotopic (exact) mass is 636 g/mol. The molecule has 0 fully saturated rings. The van der Waals surface area contributed by atoms with Crippen molar-refractivity contribution in [2.75, 3.05) is 11.5 Å². The van der Waals surface area contributed by atoms with Crippen molar-refractivity contribution in [2.45, 2.75) is 117 Å². The fourth-order valence-corrected chi connectivity index (χ4v) is 5.32. The fourth-order valence-electron chi connectivity index (χ4n) is 5.32. The summed E-state index contributed by atoms with van der Waals surface area (Å²) < 4.78 is 5.99. The normalized spacial score (nSPS) is 10.7. The van der Waals surface area contributed by atoms with Gasteiger partial charge >= 0.3 is 0 Å². The number of carbonyl (C=O) groups is 1. The van der Waals surface area contributed by atoms with Gasteiger partial charge in [0.2, 0.25) is 5.91 Å². The first-order valence-electron chi connectivity index (χ1n) is 16.1. The van der Waals surface area contributed by atoms with Crippen LogP contribution in [0.3, 0.4) is 0 Å². The van der Waals surface area contributed by atoms with Crippen LogP contribution in [0.4, 0.5) is 5.69 Å². The topological polar surface area (TPSA) is 42.4 Å². The van der Waals surface area contributed by atoms with Crippen LogP contribution in [0.25, 0.3) is 0 Å². The first-order valence-corrected chi connectivity index (χ1v) is 16.1. The number of hydrogen-bond donors (Lipinski definition) is 0. The Kier molecular flexibility index (Phi) is 18.6. The number of halogens is 1. The van der Waals surface area contributed by atoms with Crippen LogP contribution in [-0.2, 0) is 17.8 Å². The molecule has 1 heterocycles. The van der Waals surface area contributed by atoms with Crippen LogP contribution < -0.4 is 9.64 Å². The standard InChI is InChI=1S/C37H52N2O2.BrH/c1-3-4-5-6-7-8-9-10-11-12-13-14-15-16-27-41-37-24-22-33(23-25-37)31-39(32(2)40)36-21-17-19-34(29-36)28-35-20-18-26-38-30-35;/h17-26,29-30H,3-16,27-28,31H2,1-2H3;1H. The van der Waals surface area contributed by atoms with E-state index in [2.05, 4.69) is 42.2 Å². The molecule has 0 saturated carbocycles. The molecule has 3 rings (SSSR count). The predicted molar refractivity (Wildman–Crippen MR) is 183 cm³/mol. The van der Waals surface area contributed by atoms with E-state index in [9.17, 15) is 4.79 Å². The third-order valence-corrected chi connectivity index (χ3v) is 7.76. The predicted octanol–water partition coefficient (Wildman–Crippen LogP) is 10.7. The molecular weight excluding hydrogens is 584 g/mol. The Labute approximate surface area is 266 Å². The van der Waals surface area contributed by atoms with Gasteiger partial charge in [0.05, 0.1) is 13.2 Å². The summed E-state index contributed by atoms with van der Waals surface area (Å²) in [7, 11) is 0. The number of unbranched alkanes of at least 4 members (excludes halogenated alkanes) is 13. The molecule has 1 amide bonds. The third kappa shape index (κ3) is 14.5. The Morgan fingerprint density at radius 2 is 1.31 bits per heavy atom. The summed E-state index contributed by atoms with van der Waals surface area (Å²) >= 11 is 0. The second kappa shape index (κ2) is 22.0. The molecule has 0 spiro atoms. The van der Waals surface area contributed by atoms with E-state index in [1.165, 1.54) is 83.5 Å². The van der Waals surface area contributed by atoms with Crippen molar-refractivity contribution in [2.24, 2.45) is 0 Å². The van der Waals surface area contributed by atoms with Gasteiger partial charge in [-0.1, -0.05) is 121 Å². The molecule has 5 heteroatoms. The van der Waals surface area contributed by atoms with Gasteiger partial charge in [0.15, 0.2) is 0 Å². The number of carbonyl (C=O) groups excluding carboxylic acids is 1. The molecule has 0 aliphatic rings. The second-order valence-corrected chi connectivity index (χ2v) is 11.4. The van der Waals surface area contributed by atoms with Crippen LogP contribution in [0, 0.1) is 0 Å². The number of nitrogens with zero attached hydrogens (tertiary/aromatic N) is 2. The van der Waals surface area contributed by atoms with E-state index in [1.807, 2.05) is 41.4 Å². The van der Waals surface area contributed by atoms with Crippen LogP contribution in [0.2, 0.25) is 0 Å². The molecule has 42 heavy (non-hydrogen) atoms. The van der Waals surface area contributed by atoms with Crippen molar-refractivity contribution in [3.8, 4) is 5.75 Å². The number of hydrogen-bond acceptors (Lipinski definition) is 3. The minimum Gasteiger partial charge on any atom is -0.494 e. The quantitative estimate of drug-likeness (QED) is 0.109. The zero-order valence-electron chi connectivity index (χ0n) is 26.1. The third-order valence-electron chi connectivity index (χ3n) is 7.76. The average molecular weight is 638 g/mol. The summed E-state index contributed by atoms with van der Waals surface area (Å²) in [6.07, 6.45) is 23.5. The maximum absolute atomic E-state index is 12.5. The van der Waals surface area contributed by atoms with Crippen molar-refractivity contribution in [3.05, 3.63) is 89.7 Å². The lowest BCUT2D eigenvalue weighted by Crippen LogP contribution is -2.27. The zero-order chi connectivity index (χ0) is 29.0. The molecule has 0 unspecified atom stereocenters. The summed E-state index contributed by atoms with van der Waals surface area (Å²) in [5, 5.41) is 0. The van der Waals surface area contributed by atoms with Crippen LogP contribution in [-0.4, -0.2) is 17.5 Å². The van der Waals surface area contributed by atoms with E-state index in [0.29, 0.717) is 6.54 Å². The molecule has 0 aliphatic carbocycles. The number of pyridine rings is 1. The van der Waals surface area contributed by atoms with Gasteiger partial charge in [-0.2, -0.15) is 0 Å². The highest BCUT2D eigenvalue weighted by atomic mass is 79.9. The molecule has 0 N–H and O–H groups in total. The van der Waals surface area contributed by atoms with Gasteiger partial charge in [-0.15, -0.1) is 17.0 Å². The van der Waals surface area contributed by atoms with Crippen molar-refractivity contribution in [3.63, 3.8) is 0 Å². The zero-order valence-corrected chi connectivity index (χ0v) is 27.8. The highest BCUT2D eigenvalue weighted by Crippen LogP contribution is 2.22.